The van der Waals surface area contributed by atoms with Crippen LogP contribution in [0.1, 0.15) is 28.2 Å². The number of fused-ring (bicyclic) bond motifs is 3. The van der Waals surface area contributed by atoms with Crippen LogP contribution in [0, 0.1) is 0 Å². The zero-order valence-corrected chi connectivity index (χ0v) is 18.6. The fourth-order valence-corrected chi connectivity index (χ4v) is 4.44. The molecule has 1 unspecified atom stereocenters. The number of carbonyl (C=O) groups excluding carboxylic acids is 1. The number of aliphatic hydroxyl groups excluding tert-OH is 1. The van der Waals surface area contributed by atoms with Crippen LogP contribution in [-0.2, 0) is 13.0 Å². The van der Waals surface area contributed by atoms with Gasteiger partial charge >= 0.3 is 0 Å². The summed E-state index contributed by atoms with van der Waals surface area (Å²) in [5.74, 6) is 1.26. The van der Waals surface area contributed by atoms with E-state index in [4.69, 9.17) is 27.1 Å². The second kappa shape index (κ2) is 8.90. The fraction of sp³-hybridized carbons (Fsp3) is 0.250. The Morgan fingerprint density at radius 1 is 1.18 bits per heavy atom. The van der Waals surface area contributed by atoms with Gasteiger partial charge in [-0.3, -0.25) is 14.8 Å². The van der Waals surface area contributed by atoms with Gasteiger partial charge in [0, 0.05) is 37.4 Å². The van der Waals surface area contributed by atoms with E-state index in [-0.39, 0.29) is 0 Å². The lowest BCUT2D eigenvalue weighted by molar-refractivity contribution is -0.00867. The fourth-order valence-electron chi connectivity index (χ4n) is 4.24. The molecule has 9 heteroatoms. The number of benzene rings is 2. The van der Waals surface area contributed by atoms with Crippen molar-refractivity contribution >= 4 is 23.2 Å². The number of aromatic amines is 1. The minimum atomic E-state index is -0.622. The molecule has 3 heterocycles. The normalized spacial score (nSPS) is 14.8. The van der Waals surface area contributed by atoms with Crippen LogP contribution in [0.3, 0.4) is 0 Å². The van der Waals surface area contributed by atoms with E-state index >= 15 is 0 Å². The van der Waals surface area contributed by atoms with Crippen molar-refractivity contribution in [2.75, 3.05) is 12.4 Å². The lowest BCUT2D eigenvalue weighted by atomic mass is 10.1. The van der Waals surface area contributed by atoms with Gasteiger partial charge in [-0.15, -0.1) is 11.6 Å². The van der Waals surface area contributed by atoms with Crippen molar-refractivity contribution in [2.24, 2.45) is 5.73 Å². The predicted molar refractivity (Wildman–Crippen MR) is 125 cm³/mol. The third-order valence-electron chi connectivity index (χ3n) is 5.90. The maximum atomic E-state index is 12.4. The van der Waals surface area contributed by atoms with Gasteiger partial charge in [-0.05, 0) is 36.4 Å². The summed E-state index contributed by atoms with van der Waals surface area (Å²) in [6, 6.07) is 17.0. The molecular weight excluding hydrogens is 442 g/mol. The molecule has 0 bridgehead atoms. The van der Waals surface area contributed by atoms with Crippen LogP contribution >= 0.6 is 11.6 Å². The molecule has 0 saturated carbocycles. The Labute approximate surface area is 195 Å². The Morgan fingerprint density at radius 2 is 1.91 bits per heavy atom. The molecule has 1 aliphatic heterocycles. The number of amides is 1. The number of para-hydroxylation sites is 1. The van der Waals surface area contributed by atoms with E-state index in [9.17, 15) is 9.90 Å². The summed E-state index contributed by atoms with van der Waals surface area (Å²) < 4.78 is 7.67. The average Bonchev–Trinajstić information content (AvgIpc) is 3.36. The summed E-state index contributed by atoms with van der Waals surface area (Å²) in [7, 11) is 0. The van der Waals surface area contributed by atoms with E-state index in [1.165, 1.54) is 0 Å². The molecule has 0 fully saturated rings. The average molecular weight is 466 g/mol. The molecule has 170 valence electrons. The third kappa shape index (κ3) is 4.08. The number of halogens is 1. The number of rotatable bonds is 7. The molecule has 5 rings (SSSR count). The molecule has 1 amide bonds. The summed E-state index contributed by atoms with van der Waals surface area (Å²) >= 11 is 5.80. The van der Waals surface area contributed by atoms with Crippen LogP contribution in [-0.4, -0.2) is 49.2 Å². The predicted octanol–water partition coefficient (Wildman–Crippen LogP) is 3.53. The van der Waals surface area contributed by atoms with E-state index in [0.29, 0.717) is 54.5 Å². The molecule has 1 aliphatic rings. The molecule has 4 aromatic rings. The van der Waals surface area contributed by atoms with Crippen molar-refractivity contribution in [1.82, 2.24) is 19.5 Å². The number of aliphatic hydroxyl groups is 1. The molecular formula is C24H24ClN5O3. The smallest absolute Gasteiger partial charge is 0.254 e. The van der Waals surface area contributed by atoms with Crippen molar-refractivity contribution in [2.45, 2.75) is 25.6 Å². The van der Waals surface area contributed by atoms with Gasteiger partial charge in [-0.2, -0.15) is 0 Å². The lowest BCUT2D eigenvalue weighted by Crippen LogP contribution is -2.39. The molecule has 2 aromatic carbocycles. The molecule has 0 spiro atoms. The monoisotopic (exact) mass is 465 g/mol. The first-order valence-electron chi connectivity index (χ1n) is 10.8. The van der Waals surface area contributed by atoms with Crippen LogP contribution < -0.4 is 10.5 Å². The zero-order valence-electron chi connectivity index (χ0n) is 17.9. The van der Waals surface area contributed by atoms with Gasteiger partial charge in [0.15, 0.2) is 5.65 Å². The van der Waals surface area contributed by atoms with Crippen LogP contribution in [0.15, 0.2) is 54.6 Å². The number of H-pyrrole nitrogens is 1. The number of hydrogen-bond acceptors (Lipinski definition) is 5. The molecule has 4 N–H and O–H groups in total. The van der Waals surface area contributed by atoms with Crippen molar-refractivity contribution in [3.8, 4) is 22.8 Å². The van der Waals surface area contributed by atoms with E-state index in [2.05, 4.69) is 5.10 Å². The molecule has 0 saturated heterocycles. The van der Waals surface area contributed by atoms with Crippen LogP contribution in [0.2, 0.25) is 0 Å². The molecule has 8 nitrogen and oxygen atoms in total. The maximum Gasteiger partial charge on any atom is 0.254 e. The number of alkyl halides is 1. The lowest BCUT2D eigenvalue weighted by Gasteiger charge is -2.30. The SMILES string of the molecule is NC(=O)c1c(-c2ccc(Oc3ccccc3)cc2)[nH]n2c3c(nc12)CCN(C(O)CCCl)C3. The summed E-state index contributed by atoms with van der Waals surface area (Å²) in [5, 5.41) is 13.7. The van der Waals surface area contributed by atoms with Crippen molar-refractivity contribution < 1.29 is 14.6 Å². The Balaban J connectivity index is 1.49. The Hall–Kier alpha value is -3.33. The second-order valence-corrected chi connectivity index (χ2v) is 8.39. The number of imidazole rings is 1. The van der Waals surface area contributed by atoms with Crippen LogP contribution in [0.25, 0.3) is 16.9 Å². The molecule has 2 aromatic heterocycles. The number of carbonyl (C=O) groups is 1. The van der Waals surface area contributed by atoms with E-state index in [1.807, 2.05) is 59.5 Å². The van der Waals surface area contributed by atoms with Gasteiger partial charge in [-0.25, -0.2) is 9.50 Å². The van der Waals surface area contributed by atoms with Gasteiger partial charge in [0.2, 0.25) is 0 Å². The first kappa shape index (κ1) is 21.5. The number of nitrogens with one attached hydrogen (secondary N) is 1. The number of primary amides is 1. The number of aromatic nitrogens is 3. The Bertz CT molecular complexity index is 1280. The molecule has 0 radical (unpaired) electrons. The van der Waals surface area contributed by atoms with Crippen molar-refractivity contribution in [3.05, 3.63) is 71.5 Å². The minimum absolute atomic E-state index is 0.342. The van der Waals surface area contributed by atoms with E-state index in [1.54, 1.807) is 4.52 Å². The van der Waals surface area contributed by atoms with Crippen LogP contribution in [0.5, 0.6) is 11.5 Å². The first-order chi connectivity index (χ1) is 16.0. The summed E-state index contributed by atoms with van der Waals surface area (Å²) in [4.78, 5) is 19.1. The first-order valence-corrected chi connectivity index (χ1v) is 11.3. The quantitative estimate of drug-likeness (QED) is 0.362. The minimum Gasteiger partial charge on any atom is -0.457 e. The summed E-state index contributed by atoms with van der Waals surface area (Å²) in [5.41, 5.74) is 9.80. The van der Waals surface area contributed by atoms with Crippen LogP contribution in [0.4, 0.5) is 0 Å². The second-order valence-electron chi connectivity index (χ2n) is 8.01. The van der Waals surface area contributed by atoms with E-state index < -0.39 is 12.1 Å². The molecule has 1 atom stereocenters. The number of ether oxygens (including phenoxy) is 1. The number of nitrogens with zero attached hydrogens (tertiary/aromatic N) is 3. The van der Waals surface area contributed by atoms with Gasteiger partial charge < -0.3 is 15.6 Å². The highest BCUT2D eigenvalue weighted by atomic mass is 35.5. The summed E-state index contributed by atoms with van der Waals surface area (Å²) in [6.45, 7) is 1.17. The van der Waals surface area contributed by atoms with Gasteiger partial charge in [-0.1, -0.05) is 18.2 Å². The standard InChI is InChI=1S/C24H24ClN5O3/c25-12-10-20(31)29-13-11-18-19(14-29)30-24(27-18)21(23(26)32)22(28-30)15-6-8-17(9-7-15)33-16-4-2-1-3-5-16/h1-9,20,28,31H,10-14H2,(H2,26,32). The summed E-state index contributed by atoms with van der Waals surface area (Å²) in [6.07, 6.45) is 0.533. The van der Waals surface area contributed by atoms with Crippen molar-refractivity contribution in [1.29, 1.82) is 0 Å². The van der Waals surface area contributed by atoms with Gasteiger partial charge in [0.25, 0.3) is 5.91 Å². The highest BCUT2D eigenvalue weighted by molar-refractivity contribution is 6.17. The van der Waals surface area contributed by atoms with Crippen molar-refractivity contribution in [3.63, 3.8) is 0 Å². The third-order valence-corrected chi connectivity index (χ3v) is 6.12. The topological polar surface area (TPSA) is 109 Å². The largest absolute Gasteiger partial charge is 0.457 e. The van der Waals surface area contributed by atoms with Gasteiger partial charge in [0.05, 0.1) is 17.1 Å². The van der Waals surface area contributed by atoms with E-state index in [0.717, 1.165) is 22.7 Å². The maximum absolute atomic E-state index is 12.4. The zero-order chi connectivity index (χ0) is 22.9. The van der Waals surface area contributed by atoms with Gasteiger partial charge in [0.1, 0.15) is 23.3 Å². The number of nitrogens with two attached hydrogens (primary N) is 1. The molecule has 33 heavy (non-hydrogen) atoms. The highest BCUT2D eigenvalue weighted by Gasteiger charge is 2.29. The molecule has 0 aliphatic carbocycles. The Kier molecular flexibility index (Phi) is 5.80. The Morgan fingerprint density at radius 3 is 2.61 bits per heavy atom. The number of hydrogen-bond donors (Lipinski definition) is 3. The highest BCUT2D eigenvalue weighted by Crippen LogP contribution is 2.31.